The van der Waals surface area contributed by atoms with E-state index in [1.54, 1.807) is 0 Å². The largest absolute Gasteiger partial charge is 0.483 e. The van der Waals surface area contributed by atoms with E-state index >= 15 is 0 Å². The molecular weight excluding hydrogens is 300 g/mol. The van der Waals surface area contributed by atoms with Gasteiger partial charge in [-0.05, 0) is 37.6 Å². The van der Waals surface area contributed by atoms with Crippen LogP contribution in [0.15, 0.2) is 48.5 Å². The molecule has 0 aliphatic heterocycles. The van der Waals surface area contributed by atoms with Crippen molar-refractivity contribution < 1.29 is 9.53 Å². The highest BCUT2D eigenvalue weighted by molar-refractivity contribution is 5.91. The molecule has 0 aliphatic carbocycles. The summed E-state index contributed by atoms with van der Waals surface area (Å²) >= 11 is 0. The smallest absolute Gasteiger partial charge is 0.262 e. The molecule has 2 aromatic carbocycles. The van der Waals surface area contributed by atoms with Crippen molar-refractivity contribution in [1.29, 1.82) is 0 Å². The number of ether oxygens (including phenoxy) is 1. The van der Waals surface area contributed by atoms with E-state index in [4.69, 9.17) is 4.74 Å². The van der Waals surface area contributed by atoms with Crippen molar-refractivity contribution in [3.8, 4) is 5.75 Å². The highest BCUT2D eigenvalue weighted by Crippen LogP contribution is 2.18. The Kier molecular flexibility index (Phi) is 6.82. The predicted octanol–water partition coefficient (Wildman–Crippen LogP) is 3.76. The number of benzene rings is 2. The molecule has 2 N–H and O–H groups in total. The van der Waals surface area contributed by atoms with E-state index in [0.717, 1.165) is 35.7 Å². The minimum absolute atomic E-state index is 0.00489. The third-order valence-electron chi connectivity index (χ3n) is 3.53. The first-order chi connectivity index (χ1) is 11.5. The second kappa shape index (κ2) is 9.08. The van der Waals surface area contributed by atoms with Gasteiger partial charge in [0.2, 0.25) is 0 Å². The molecule has 0 saturated carbocycles. The Morgan fingerprint density at radius 3 is 2.50 bits per heavy atom. The van der Waals surface area contributed by atoms with Crippen LogP contribution >= 0.6 is 0 Å². The lowest BCUT2D eigenvalue weighted by Gasteiger charge is -2.13. The van der Waals surface area contributed by atoms with Gasteiger partial charge in [0.15, 0.2) is 6.61 Å². The molecule has 0 bridgehead atoms. The summed E-state index contributed by atoms with van der Waals surface area (Å²) in [4.78, 5) is 12.0. The van der Waals surface area contributed by atoms with Crippen LogP contribution in [0.5, 0.6) is 5.75 Å². The number of aryl methyl sites for hydroxylation is 1. The van der Waals surface area contributed by atoms with Crippen LogP contribution in [0.3, 0.4) is 0 Å². The van der Waals surface area contributed by atoms with Gasteiger partial charge in [-0.3, -0.25) is 4.79 Å². The second-order valence-corrected chi connectivity index (χ2v) is 6.34. The topological polar surface area (TPSA) is 50.4 Å². The van der Waals surface area contributed by atoms with Gasteiger partial charge in [-0.25, -0.2) is 0 Å². The predicted molar refractivity (Wildman–Crippen MR) is 98.3 cm³/mol. The molecule has 0 heterocycles. The van der Waals surface area contributed by atoms with Crippen molar-refractivity contribution in [2.45, 2.75) is 27.3 Å². The van der Waals surface area contributed by atoms with Crippen LogP contribution in [0, 0.1) is 12.8 Å². The number of hydrogen-bond donors (Lipinski definition) is 2. The van der Waals surface area contributed by atoms with Crippen LogP contribution in [0.2, 0.25) is 0 Å². The van der Waals surface area contributed by atoms with Gasteiger partial charge in [0.05, 0.1) is 0 Å². The summed E-state index contributed by atoms with van der Waals surface area (Å²) < 4.78 is 5.70. The lowest BCUT2D eigenvalue weighted by atomic mass is 10.2. The number of nitrogens with one attached hydrogen (secondary N) is 2. The molecule has 2 aromatic rings. The summed E-state index contributed by atoms with van der Waals surface area (Å²) in [5.41, 5.74) is 2.99. The number of rotatable bonds is 8. The fraction of sp³-hybridized carbons (Fsp3) is 0.350. The molecule has 0 saturated heterocycles. The summed E-state index contributed by atoms with van der Waals surface area (Å²) in [5, 5.41) is 6.23. The van der Waals surface area contributed by atoms with Crippen LogP contribution in [-0.2, 0) is 11.3 Å². The quantitative estimate of drug-likeness (QED) is 0.776. The molecule has 4 heteroatoms. The summed E-state index contributed by atoms with van der Waals surface area (Å²) in [6.07, 6.45) is 0. The highest BCUT2D eigenvalue weighted by Gasteiger charge is 2.07. The van der Waals surface area contributed by atoms with Crippen LogP contribution < -0.4 is 15.4 Å². The Labute approximate surface area is 144 Å². The first-order valence-corrected chi connectivity index (χ1v) is 8.32. The number of amides is 1. The highest BCUT2D eigenvalue weighted by atomic mass is 16.5. The van der Waals surface area contributed by atoms with Gasteiger partial charge >= 0.3 is 0 Å². The molecule has 0 spiro atoms. The van der Waals surface area contributed by atoms with Crippen molar-refractivity contribution >= 4 is 11.6 Å². The Morgan fingerprint density at radius 2 is 1.79 bits per heavy atom. The van der Waals surface area contributed by atoms with Crippen LogP contribution in [0.4, 0.5) is 5.69 Å². The van der Waals surface area contributed by atoms with E-state index in [1.165, 1.54) is 0 Å². The Hall–Kier alpha value is -2.33. The average molecular weight is 326 g/mol. The molecule has 0 fully saturated rings. The molecule has 4 nitrogen and oxygen atoms in total. The van der Waals surface area contributed by atoms with Gasteiger partial charge in [0, 0.05) is 17.8 Å². The maximum atomic E-state index is 12.0. The van der Waals surface area contributed by atoms with E-state index in [-0.39, 0.29) is 12.5 Å². The normalized spacial score (nSPS) is 10.7. The standard InChI is InChI=1S/C20H26N2O2/c1-15(2)12-21-13-17-6-4-5-7-19(17)24-14-20(23)22-18-10-8-16(3)9-11-18/h4-11,15,21H,12-14H2,1-3H3,(H,22,23). The van der Waals surface area contributed by atoms with Gasteiger partial charge in [-0.1, -0.05) is 49.7 Å². The number of para-hydroxylation sites is 1. The molecule has 2 rings (SSSR count). The number of hydrogen-bond acceptors (Lipinski definition) is 3. The van der Waals surface area contributed by atoms with Crippen molar-refractivity contribution in [2.75, 3.05) is 18.5 Å². The minimum atomic E-state index is -0.163. The summed E-state index contributed by atoms with van der Waals surface area (Å²) in [6.45, 7) is 8.03. The SMILES string of the molecule is Cc1ccc(NC(=O)COc2ccccc2CNCC(C)C)cc1. The molecule has 0 aliphatic rings. The third kappa shape index (κ3) is 6.05. The van der Waals surface area contributed by atoms with E-state index in [2.05, 4.69) is 24.5 Å². The zero-order valence-electron chi connectivity index (χ0n) is 14.6. The van der Waals surface area contributed by atoms with Gasteiger partial charge in [-0.2, -0.15) is 0 Å². The lowest BCUT2D eigenvalue weighted by molar-refractivity contribution is -0.118. The van der Waals surface area contributed by atoms with E-state index in [0.29, 0.717) is 5.92 Å². The average Bonchev–Trinajstić information content (AvgIpc) is 2.56. The fourth-order valence-corrected chi connectivity index (χ4v) is 2.26. The van der Waals surface area contributed by atoms with Gasteiger partial charge < -0.3 is 15.4 Å². The first-order valence-electron chi connectivity index (χ1n) is 8.32. The zero-order chi connectivity index (χ0) is 17.4. The summed E-state index contributed by atoms with van der Waals surface area (Å²) in [5.74, 6) is 1.18. The Morgan fingerprint density at radius 1 is 1.08 bits per heavy atom. The van der Waals surface area contributed by atoms with Crippen molar-refractivity contribution in [3.05, 3.63) is 59.7 Å². The molecule has 0 atom stereocenters. The molecule has 0 unspecified atom stereocenters. The van der Waals surface area contributed by atoms with Gasteiger partial charge in [0.25, 0.3) is 5.91 Å². The zero-order valence-corrected chi connectivity index (χ0v) is 14.6. The molecular formula is C20H26N2O2. The van der Waals surface area contributed by atoms with Crippen LogP contribution in [0.25, 0.3) is 0 Å². The van der Waals surface area contributed by atoms with Crippen molar-refractivity contribution in [2.24, 2.45) is 5.92 Å². The van der Waals surface area contributed by atoms with E-state index in [1.807, 2.05) is 55.5 Å². The molecule has 0 aromatic heterocycles. The minimum Gasteiger partial charge on any atom is -0.483 e. The third-order valence-corrected chi connectivity index (χ3v) is 3.53. The number of anilines is 1. The Balaban J connectivity index is 1.86. The van der Waals surface area contributed by atoms with Gasteiger partial charge in [-0.15, -0.1) is 0 Å². The van der Waals surface area contributed by atoms with E-state index in [9.17, 15) is 4.79 Å². The first kappa shape index (κ1) is 18.0. The monoisotopic (exact) mass is 326 g/mol. The number of carbonyl (C=O) groups excluding carboxylic acids is 1. The summed E-state index contributed by atoms with van der Waals surface area (Å²) in [6, 6.07) is 15.5. The lowest BCUT2D eigenvalue weighted by Crippen LogP contribution is -2.22. The fourth-order valence-electron chi connectivity index (χ4n) is 2.26. The van der Waals surface area contributed by atoms with Crippen molar-refractivity contribution in [1.82, 2.24) is 5.32 Å². The van der Waals surface area contributed by atoms with E-state index < -0.39 is 0 Å². The molecule has 1 amide bonds. The molecule has 24 heavy (non-hydrogen) atoms. The second-order valence-electron chi connectivity index (χ2n) is 6.34. The summed E-state index contributed by atoms with van der Waals surface area (Å²) in [7, 11) is 0. The van der Waals surface area contributed by atoms with Crippen LogP contribution in [0.1, 0.15) is 25.0 Å². The van der Waals surface area contributed by atoms with Crippen molar-refractivity contribution in [3.63, 3.8) is 0 Å². The Bertz CT molecular complexity index is 651. The van der Waals surface area contributed by atoms with Crippen LogP contribution in [-0.4, -0.2) is 19.1 Å². The maximum absolute atomic E-state index is 12.0. The molecule has 128 valence electrons. The maximum Gasteiger partial charge on any atom is 0.262 e. The van der Waals surface area contributed by atoms with Gasteiger partial charge in [0.1, 0.15) is 5.75 Å². The molecule has 0 radical (unpaired) electrons. The number of carbonyl (C=O) groups is 1.